The lowest BCUT2D eigenvalue weighted by atomic mass is 10.0. The molecule has 21 heavy (non-hydrogen) atoms. The predicted octanol–water partition coefficient (Wildman–Crippen LogP) is 1.86. The zero-order valence-corrected chi connectivity index (χ0v) is 11.6. The maximum Gasteiger partial charge on any atom is 0.335 e. The van der Waals surface area contributed by atoms with Crippen molar-refractivity contribution in [2.24, 2.45) is 0 Å². The average molecular weight is 283 g/mol. The van der Waals surface area contributed by atoms with Crippen molar-refractivity contribution in [1.82, 2.24) is 10.3 Å². The second-order valence-electron chi connectivity index (χ2n) is 5.00. The number of carboxylic acids is 1. The van der Waals surface area contributed by atoms with Crippen LogP contribution in [-0.2, 0) is 0 Å². The van der Waals surface area contributed by atoms with E-state index in [4.69, 9.17) is 5.11 Å². The van der Waals surface area contributed by atoms with Gasteiger partial charge in [0.2, 0.25) is 0 Å². The fourth-order valence-corrected chi connectivity index (χ4v) is 2.57. The Morgan fingerprint density at radius 1 is 1.19 bits per heavy atom. The monoisotopic (exact) mass is 283 g/mol. The third-order valence-corrected chi connectivity index (χ3v) is 3.62. The number of aromatic carboxylic acids is 1. The predicted molar refractivity (Wildman–Crippen MR) is 81.7 cm³/mol. The van der Waals surface area contributed by atoms with Crippen molar-refractivity contribution >= 4 is 11.8 Å². The van der Waals surface area contributed by atoms with E-state index < -0.39 is 5.97 Å². The van der Waals surface area contributed by atoms with Gasteiger partial charge in [-0.05, 0) is 29.8 Å². The van der Waals surface area contributed by atoms with Crippen molar-refractivity contribution in [3.8, 4) is 11.1 Å². The molecule has 1 aromatic heterocycles. The fourth-order valence-electron chi connectivity index (χ4n) is 2.57. The number of nitrogens with zero attached hydrogens (tertiary/aromatic N) is 2. The van der Waals surface area contributed by atoms with Crippen LogP contribution in [0.4, 0.5) is 5.82 Å². The quantitative estimate of drug-likeness (QED) is 0.900. The van der Waals surface area contributed by atoms with Gasteiger partial charge in [-0.3, -0.25) is 0 Å². The minimum absolute atomic E-state index is 0.294. The van der Waals surface area contributed by atoms with Crippen molar-refractivity contribution in [2.75, 3.05) is 31.1 Å². The molecule has 0 spiro atoms. The third-order valence-electron chi connectivity index (χ3n) is 3.62. The molecule has 1 aliphatic heterocycles. The molecule has 1 aliphatic rings. The third kappa shape index (κ3) is 2.87. The number of rotatable bonds is 3. The van der Waals surface area contributed by atoms with Gasteiger partial charge in [0.1, 0.15) is 5.82 Å². The van der Waals surface area contributed by atoms with Crippen LogP contribution in [-0.4, -0.2) is 42.2 Å². The van der Waals surface area contributed by atoms with Gasteiger partial charge in [-0.1, -0.05) is 12.1 Å². The largest absolute Gasteiger partial charge is 0.478 e. The first-order valence-corrected chi connectivity index (χ1v) is 7.00. The first-order chi connectivity index (χ1) is 10.3. The highest BCUT2D eigenvalue weighted by Crippen LogP contribution is 2.29. The normalized spacial score (nSPS) is 15.0. The standard InChI is InChI=1S/C16H17N3O2/c20-16(21)13-4-1-3-12(11-13)14-5-2-6-18-15(14)19-9-7-17-8-10-19/h1-6,11,17H,7-10H2,(H,20,21). The number of nitrogens with one attached hydrogen (secondary N) is 1. The van der Waals surface area contributed by atoms with Crippen molar-refractivity contribution in [2.45, 2.75) is 0 Å². The zero-order valence-electron chi connectivity index (χ0n) is 11.6. The summed E-state index contributed by atoms with van der Waals surface area (Å²) in [6, 6.07) is 10.9. The molecular formula is C16H17N3O2. The van der Waals surface area contributed by atoms with Gasteiger partial charge in [0, 0.05) is 37.9 Å². The smallest absolute Gasteiger partial charge is 0.335 e. The Morgan fingerprint density at radius 2 is 2.00 bits per heavy atom. The Morgan fingerprint density at radius 3 is 2.76 bits per heavy atom. The van der Waals surface area contributed by atoms with Crippen LogP contribution in [0.5, 0.6) is 0 Å². The van der Waals surface area contributed by atoms with E-state index >= 15 is 0 Å². The van der Waals surface area contributed by atoms with Crippen LogP contribution >= 0.6 is 0 Å². The molecule has 1 saturated heterocycles. The maximum atomic E-state index is 11.1. The minimum atomic E-state index is -0.913. The van der Waals surface area contributed by atoms with Crippen molar-refractivity contribution < 1.29 is 9.90 Å². The Labute approximate surface area is 123 Å². The van der Waals surface area contributed by atoms with E-state index in [1.165, 1.54) is 0 Å². The molecular weight excluding hydrogens is 266 g/mol. The number of carboxylic acid groups (broad SMARTS) is 1. The molecule has 3 rings (SSSR count). The number of pyridine rings is 1. The molecule has 5 nitrogen and oxygen atoms in total. The SMILES string of the molecule is O=C(O)c1cccc(-c2cccnc2N2CCNCC2)c1. The molecule has 1 fully saturated rings. The first-order valence-electron chi connectivity index (χ1n) is 7.00. The van der Waals surface area contributed by atoms with Gasteiger partial charge in [0.25, 0.3) is 0 Å². The average Bonchev–Trinajstić information content (AvgIpc) is 2.56. The summed E-state index contributed by atoms with van der Waals surface area (Å²) in [4.78, 5) is 17.9. The van der Waals surface area contributed by atoms with Crippen molar-refractivity contribution in [1.29, 1.82) is 0 Å². The van der Waals surface area contributed by atoms with E-state index in [1.807, 2.05) is 18.2 Å². The molecule has 0 radical (unpaired) electrons. The van der Waals surface area contributed by atoms with Crippen LogP contribution in [0.2, 0.25) is 0 Å². The summed E-state index contributed by atoms with van der Waals surface area (Å²) in [5.41, 5.74) is 2.15. The number of piperazine rings is 1. The lowest BCUT2D eigenvalue weighted by molar-refractivity contribution is 0.0697. The summed E-state index contributed by atoms with van der Waals surface area (Å²) in [7, 11) is 0. The van der Waals surface area contributed by atoms with Gasteiger partial charge in [-0.25, -0.2) is 9.78 Å². The van der Waals surface area contributed by atoms with Gasteiger partial charge in [0.15, 0.2) is 0 Å². The van der Waals surface area contributed by atoms with Gasteiger partial charge in [-0.2, -0.15) is 0 Å². The van der Waals surface area contributed by atoms with Gasteiger partial charge < -0.3 is 15.3 Å². The van der Waals surface area contributed by atoms with Crippen LogP contribution in [0.3, 0.4) is 0 Å². The number of benzene rings is 1. The van der Waals surface area contributed by atoms with Crippen LogP contribution in [0.15, 0.2) is 42.6 Å². The molecule has 2 N–H and O–H groups in total. The second-order valence-corrected chi connectivity index (χ2v) is 5.00. The molecule has 2 aromatic rings. The molecule has 0 saturated carbocycles. The summed E-state index contributed by atoms with van der Waals surface area (Å²) >= 11 is 0. The summed E-state index contributed by atoms with van der Waals surface area (Å²) in [6.07, 6.45) is 1.78. The molecule has 0 bridgehead atoms. The minimum Gasteiger partial charge on any atom is -0.478 e. The van der Waals surface area contributed by atoms with Crippen LogP contribution in [0, 0.1) is 0 Å². The summed E-state index contributed by atoms with van der Waals surface area (Å²) in [6.45, 7) is 3.68. The van der Waals surface area contributed by atoms with Crippen LogP contribution in [0.25, 0.3) is 11.1 Å². The molecule has 0 unspecified atom stereocenters. The van der Waals surface area contributed by atoms with Crippen LogP contribution < -0.4 is 10.2 Å². The van der Waals surface area contributed by atoms with E-state index in [0.29, 0.717) is 5.56 Å². The maximum absolute atomic E-state index is 11.1. The lowest BCUT2D eigenvalue weighted by Gasteiger charge is -2.30. The van der Waals surface area contributed by atoms with Crippen LogP contribution in [0.1, 0.15) is 10.4 Å². The highest BCUT2D eigenvalue weighted by atomic mass is 16.4. The van der Waals surface area contributed by atoms with E-state index in [2.05, 4.69) is 15.2 Å². The molecule has 1 aromatic carbocycles. The van der Waals surface area contributed by atoms with Crippen molar-refractivity contribution in [3.05, 3.63) is 48.2 Å². The van der Waals surface area contributed by atoms with Gasteiger partial charge in [-0.15, -0.1) is 0 Å². The summed E-state index contributed by atoms with van der Waals surface area (Å²) in [5, 5.41) is 12.5. The lowest BCUT2D eigenvalue weighted by Crippen LogP contribution is -2.44. The summed E-state index contributed by atoms with van der Waals surface area (Å²) < 4.78 is 0. The molecule has 5 heteroatoms. The highest BCUT2D eigenvalue weighted by Gasteiger charge is 2.16. The van der Waals surface area contributed by atoms with E-state index in [9.17, 15) is 4.79 Å². The Hall–Kier alpha value is -2.40. The fraction of sp³-hybridized carbons (Fsp3) is 0.250. The Kier molecular flexibility index (Phi) is 3.83. The second kappa shape index (κ2) is 5.93. The Balaban J connectivity index is 2.02. The first kappa shape index (κ1) is 13.6. The number of hydrogen-bond donors (Lipinski definition) is 2. The highest BCUT2D eigenvalue weighted by molar-refractivity contribution is 5.90. The van der Waals surface area contributed by atoms with E-state index in [-0.39, 0.29) is 0 Å². The molecule has 0 amide bonds. The topological polar surface area (TPSA) is 65.5 Å². The van der Waals surface area contributed by atoms with Gasteiger partial charge >= 0.3 is 5.97 Å². The zero-order chi connectivity index (χ0) is 14.7. The van der Waals surface area contributed by atoms with E-state index in [0.717, 1.165) is 43.1 Å². The molecule has 0 atom stereocenters. The number of aromatic nitrogens is 1. The molecule has 0 aliphatic carbocycles. The Bertz CT molecular complexity index is 651. The number of carbonyl (C=O) groups is 1. The molecule has 108 valence electrons. The number of hydrogen-bond acceptors (Lipinski definition) is 4. The van der Waals surface area contributed by atoms with Gasteiger partial charge in [0.05, 0.1) is 5.56 Å². The van der Waals surface area contributed by atoms with Crippen molar-refractivity contribution in [3.63, 3.8) is 0 Å². The summed E-state index contributed by atoms with van der Waals surface area (Å²) in [5.74, 6) is 0.00556. The van der Waals surface area contributed by atoms with E-state index in [1.54, 1.807) is 24.4 Å². The molecule has 2 heterocycles. The number of anilines is 1.